The number of hydrogen-bond acceptors (Lipinski definition) is 3. The summed E-state index contributed by atoms with van der Waals surface area (Å²) >= 11 is 0. The molecule has 0 fully saturated rings. The van der Waals surface area contributed by atoms with Gasteiger partial charge in [0.05, 0.1) is 0 Å². The van der Waals surface area contributed by atoms with Crippen LogP contribution in [-0.4, -0.2) is 20.4 Å². The van der Waals surface area contributed by atoms with Gasteiger partial charge in [-0.25, -0.2) is 9.97 Å². The minimum absolute atomic E-state index is 0.232. The second-order valence-electron chi connectivity index (χ2n) is 5.94. The Morgan fingerprint density at radius 2 is 1.88 bits per heavy atom. The Balaban J connectivity index is 1.76. The Hall–Kier alpha value is -3.21. The molecule has 0 atom stereocenters. The molecule has 4 aromatic rings. The molecule has 4 rings (SSSR count). The van der Waals surface area contributed by atoms with Gasteiger partial charge in [0.15, 0.2) is 0 Å². The maximum absolute atomic E-state index is 12.4. The maximum Gasteiger partial charge on any atom is 0.274 e. The zero-order valence-corrected chi connectivity index (χ0v) is 14.2. The fourth-order valence-electron chi connectivity index (χ4n) is 3.25. The van der Waals surface area contributed by atoms with E-state index in [1.54, 1.807) is 19.2 Å². The molecular weight excluding hydrogens is 312 g/mol. The van der Waals surface area contributed by atoms with Crippen molar-refractivity contribution in [3.8, 4) is 0 Å². The topological polar surface area (TPSA) is 59.8 Å². The van der Waals surface area contributed by atoms with Crippen molar-refractivity contribution in [2.24, 2.45) is 0 Å². The molecule has 0 radical (unpaired) electrons. The van der Waals surface area contributed by atoms with E-state index in [0.717, 1.165) is 17.6 Å². The molecule has 0 spiro atoms. The molecule has 0 saturated carbocycles. The van der Waals surface area contributed by atoms with Crippen LogP contribution in [0.3, 0.4) is 0 Å². The number of carbonyl (C=O) groups excluding carboxylic acids is 1. The average molecular weight is 330 g/mol. The van der Waals surface area contributed by atoms with E-state index in [0.29, 0.717) is 11.5 Å². The summed E-state index contributed by atoms with van der Waals surface area (Å²) in [5.74, 6) is 0.346. The normalized spacial score (nSPS) is 11.1. The largest absolute Gasteiger partial charge is 0.341 e. The number of amides is 1. The van der Waals surface area contributed by atoms with Gasteiger partial charge < -0.3 is 9.88 Å². The van der Waals surface area contributed by atoms with Crippen LogP contribution in [0.1, 0.15) is 23.2 Å². The van der Waals surface area contributed by atoms with Gasteiger partial charge in [-0.1, -0.05) is 18.2 Å². The smallest absolute Gasteiger partial charge is 0.274 e. The highest BCUT2D eigenvalue weighted by molar-refractivity contribution is 6.10. The van der Waals surface area contributed by atoms with Gasteiger partial charge in [-0.3, -0.25) is 4.79 Å². The van der Waals surface area contributed by atoms with E-state index in [1.165, 1.54) is 16.4 Å². The van der Waals surface area contributed by atoms with E-state index in [1.807, 2.05) is 24.3 Å². The van der Waals surface area contributed by atoms with Crippen LogP contribution in [0.15, 0.2) is 54.7 Å². The van der Waals surface area contributed by atoms with E-state index in [-0.39, 0.29) is 5.91 Å². The van der Waals surface area contributed by atoms with Gasteiger partial charge in [-0.15, -0.1) is 0 Å². The molecule has 124 valence electrons. The Kier molecular flexibility index (Phi) is 3.69. The van der Waals surface area contributed by atoms with Crippen LogP contribution < -0.4 is 5.32 Å². The summed E-state index contributed by atoms with van der Waals surface area (Å²) in [5, 5.41) is 5.25. The van der Waals surface area contributed by atoms with Crippen LogP contribution in [0, 0.1) is 6.92 Å². The molecule has 0 aliphatic carbocycles. The molecule has 0 aliphatic rings. The number of aryl methyl sites for hydroxylation is 2. The van der Waals surface area contributed by atoms with Gasteiger partial charge in [0, 0.05) is 40.2 Å². The molecule has 0 unspecified atom stereocenters. The lowest BCUT2D eigenvalue weighted by molar-refractivity contribution is 0.102. The molecule has 2 aromatic carbocycles. The highest BCUT2D eigenvalue weighted by atomic mass is 16.1. The Bertz CT molecular complexity index is 1100. The zero-order chi connectivity index (χ0) is 17.4. The van der Waals surface area contributed by atoms with Crippen molar-refractivity contribution in [2.75, 3.05) is 5.32 Å². The number of para-hydroxylation sites is 1. The van der Waals surface area contributed by atoms with E-state index in [4.69, 9.17) is 0 Å². The number of fused-ring (bicyclic) bond motifs is 3. The summed E-state index contributed by atoms with van der Waals surface area (Å²) in [6.07, 6.45) is 1.59. The first kappa shape index (κ1) is 15.3. The number of nitrogens with zero attached hydrogens (tertiary/aromatic N) is 3. The molecule has 25 heavy (non-hydrogen) atoms. The minimum Gasteiger partial charge on any atom is -0.341 e. The monoisotopic (exact) mass is 330 g/mol. The van der Waals surface area contributed by atoms with Crippen LogP contribution in [0.25, 0.3) is 21.8 Å². The molecule has 5 heteroatoms. The van der Waals surface area contributed by atoms with Gasteiger partial charge in [-0.2, -0.15) is 0 Å². The molecule has 1 amide bonds. The number of hydrogen-bond donors (Lipinski definition) is 1. The van der Waals surface area contributed by atoms with Crippen molar-refractivity contribution in [1.29, 1.82) is 0 Å². The SMILES string of the molecule is CCn1c2ccccc2c2cc(NC(=O)c3ccnc(C)n3)ccc21. The molecule has 0 aliphatic heterocycles. The summed E-state index contributed by atoms with van der Waals surface area (Å²) in [6, 6.07) is 16.0. The third-order valence-corrected chi connectivity index (χ3v) is 4.36. The lowest BCUT2D eigenvalue weighted by Gasteiger charge is -2.06. The number of rotatable bonds is 3. The standard InChI is InChI=1S/C20H18N4O/c1-3-24-18-7-5-4-6-15(18)16-12-14(8-9-19(16)24)23-20(25)17-10-11-21-13(2)22-17/h4-12H,3H2,1-2H3,(H,23,25). The third kappa shape index (κ3) is 2.63. The highest BCUT2D eigenvalue weighted by Crippen LogP contribution is 2.31. The van der Waals surface area contributed by atoms with Crippen molar-refractivity contribution in [2.45, 2.75) is 20.4 Å². The van der Waals surface area contributed by atoms with E-state index in [2.05, 4.69) is 45.0 Å². The first-order chi connectivity index (χ1) is 12.2. The molecule has 0 bridgehead atoms. The predicted molar refractivity (Wildman–Crippen MR) is 99.8 cm³/mol. The first-order valence-electron chi connectivity index (χ1n) is 8.29. The van der Waals surface area contributed by atoms with Gasteiger partial charge >= 0.3 is 0 Å². The van der Waals surface area contributed by atoms with Crippen molar-refractivity contribution in [3.63, 3.8) is 0 Å². The number of benzene rings is 2. The summed E-state index contributed by atoms with van der Waals surface area (Å²) in [4.78, 5) is 20.6. The third-order valence-electron chi connectivity index (χ3n) is 4.36. The lowest BCUT2D eigenvalue weighted by atomic mass is 10.1. The average Bonchev–Trinajstić information content (AvgIpc) is 2.95. The molecule has 0 saturated heterocycles. The summed E-state index contributed by atoms with van der Waals surface area (Å²) in [6.45, 7) is 4.80. The second-order valence-corrected chi connectivity index (χ2v) is 5.94. The number of nitrogens with one attached hydrogen (secondary N) is 1. The Morgan fingerprint density at radius 3 is 2.68 bits per heavy atom. The van der Waals surface area contributed by atoms with Crippen LogP contribution in [0.2, 0.25) is 0 Å². The number of carbonyl (C=O) groups is 1. The van der Waals surface area contributed by atoms with Crippen molar-refractivity contribution >= 4 is 33.4 Å². The fourth-order valence-corrected chi connectivity index (χ4v) is 3.25. The maximum atomic E-state index is 12.4. The number of aromatic nitrogens is 3. The predicted octanol–water partition coefficient (Wildman–Crippen LogP) is 4.17. The quantitative estimate of drug-likeness (QED) is 0.613. The van der Waals surface area contributed by atoms with Crippen LogP contribution in [0.4, 0.5) is 5.69 Å². The fraction of sp³-hybridized carbons (Fsp3) is 0.150. The van der Waals surface area contributed by atoms with Gasteiger partial charge in [0.1, 0.15) is 11.5 Å². The van der Waals surface area contributed by atoms with Crippen molar-refractivity contribution in [1.82, 2.24) is 14.5 Å². The van der Waals surface area contributed by atoms with E-state index < -0.39 is 0 Å². The summed E-state index contributed by atoms with van der Waals surface area (Å²) < 4.78 is 2.28. The molecule has 2 heterocycles. The molecular formula is C20H18N4O. The molecule has 1 N–H and O–H groups in total. The van der Waals surface area contributed by atoms with Crippen LogP contribution in [0.5, 0.6) is 0 Å². The first-order valence-corrected chi connectivity index (χ1v) is 8.29. The van der Waals surface area contributed by atoms with Crippen molar-refractivity contribution < 1.29 is 4.79 Å². The van der Waals surface area contributed by atoms with Gasteiger partial charge in [0.2, 0.25) is 0 Å². The van der Waals surface area contributed by atoms with E-state index >= 15 is 0 Å². The van der Waals surface area contributed by atoms with Crippen molar-refractivity contribution in [3.05, 3.63) is 66.2 Å². The summed E-state index contributed by atoms with van der Waals surface area (Å²) in [7, 11) is 0. The summed E-state index contributed by atoms with van der Waals surface area (Å²) in [5.41, 5.74) is 3.49. The lowest BCUT2D eigenvalue weighted by Crippen LogP contribution is -2.14. The number of anilines is 1. The highest BCUT2D eigenvalue weighted by Gasteiger charge is 2.12. The minimum atomic E-state index is -0.232. The Labute approximate surface area is 145 Å². The van der Waals surface area contributed by atoms with Gasteiger partial charge in [-0.05, 0) is 44.2 Å². The molecule has 5 nitrogen and oxygen atoms in total. The van der Waals surface area contributed by atoms with Crippen LogP contribution >= 0.6 is 0 Å². The van der Waals surface area contributed by atoms with Gasteiger partial charge in [0.25, 0.3) is 5.91 Å². The zero-order valence-electron chi connectivity index (χ0n) is 14.2. The van der Waals surface area contributed by atoms with E-state index in [9.17, 15) is 4.79 Å². The second kappa shape index (κ2) is 6.02. The Morgan fingerprint density at radius 1 is 1.08 bits per heavy atom. The van der Waals surface area contributed by atoms with Crippen LogP contribution in [-0.2, 0) is 6.54 Å². The molecule has 2 aromatic heterocycles.